The van der Waals surface area contributed by atoms with Gasteiger partial charge in [-0.25, -0.2) is 14.6 Å². The molecule has 0 saturated heterocycles. The number of esters is 1. The van der Waals surface area contributed by atoms with E-state index in [4.69, 9.17) is 4.74 Å². The first-order valence-corrected chi connectivity index (χ1v) is 11.1. The van der Waals surface area contributed by atoms with Crippen LogP contribution in [0.25, 0.3) is 6.08 Å². The second-order valence-corrected chi connectivity index (χ2v) is 7.98. The molecule has 1 heterocycles. The van der Waals surface area contributed by atoms with E-state index >= 15 is 0 Å². The monoisotopic (exact) mass is 399 g/mol. The number of hydrogen-bond acceptors (Lipinski definition) is 4. The van der Waals surface area contributed by atoms with E-state index in [2.05, 4.69) is 15.2 Å². The molecule has 0 radical (unpaired) electrons. The van der Waals surface area contributed by atoms with Crippen molar-refractivity contribution in [2.24, 2.45) is 0 Å². The van der Waals surface area contributed by atoms with Crippen molar-refractivity contribution in [1.82, 2.24) is 9.88 Å². The highest BCUT2D eigenvalue weighted by atomic mass is 16.5. The van der Waals surface area contributed by atoms with Crippen molar-refractivity contribution in [1.29, 1.82) is 0 Å². The first kappa shape index (κ1) is 21.3. The molecule has 1 N–H and O–H groups in total. The molecule has 158 valence electrons. The van der Waals surface area contributed by atoms with Crippen LogP contribution in [0.4, 0.5) is 10.6 Å². The Hall–Kier alpha value is -2.37. The average molecular weight is 400 g/mol. The van der Waals surface area contributed by atoms with Gasteiger partial charge >= 0.3 is 12.0 Å². The van der Waals surface area contributed by atoms with E-state index in [1.807, 2.05) is 6.07 Å². The van der Waals surface area contributed by atoms with Gasteiger partial charge in [0.15, 0.2) is 0 Å². The maximum absolute atomic E-state index is 13.2. The van der Waals surface area contributed by atoms with E-state index in [-0.39, 0.29) is 12.0 Å². The maximum atomic E-state index is 13.2. The zero-order chi connectivity index (χ0) is 20.5. The van der Waals surface area contributed by atoms with Crippen molar-refractivity contribution in [3.8, 4) is 0 Å². The van der Waals surface area contributed by atoms with Crippen LogP contribution < -0.4 is 5.32 Å². The summed E-state index contributed by atoms with van der Waals surface area (Å²) in [7, 11) is 0. The number of ether oxygens (including phenoxy) is 1. The van der Waals surface area contributed by atoms with Gasteiger partial charge in [-0.05, 0) is 56.4 Å². The van der Waals surface area contributed by atoms with E-state index in [1.165, 1.54) is 44.6 Å². The van der Waals surface area contributed by atoms with Gasteiger partial charge < -0.3 is 9.64 Å². The molecule has 0 aromatic carbocycles. The van der Waals surface area contributed by atoms with Gasteiger partial charge in [0, 0.05) is 24.4 Å². The van der Waals surface area contributed by atoms with Crippen LogP contribution >= 0.6 is 0 Å². The van der Waals surface area contributed by atoms with Crippen LogP contribution in [0.3, 0.4) is 0 Å². The molecule has 0 atom stereocenters. The highest BCUT2D eigenvalue weighted by Crippen LogP contribution is 2.30. The molecule has 2 aliphatic rings. The summed E-state index contributed by atoms with van der Waals surface area (Å²) in [6, 6.07) is 4.29. The van der Waals surface area contributed by atoms with Crippen molar-refractivity contribution >= 4 is 23.9 Å². The first-order chi connectivity index (χ1) is 14.2. The van der Waals surface area contributed by atoms with Gasteiger partial charge in [-0.2, -0.15) is 0 Å². The van der Waals surface area contributed by atoms with Crippen LogP contribution in [0.2, 0.25) is 0 Å². The van der Waals surface area contributed by atoms with E-state index in [0.717, 1.165) is 31.2 Å². The molecule has 2 aliphatic carbocycles. The molecule has 29 heavy (non-hydrogen) atoms. The smallest absolute Gasteiger partial charge is 0.330 e. The lowest BCUT2D eigenvalue weighted by Gasteiger charge is -2.41. The van der Waals surface area contributed by atoms with Crippen molar-refractivity contribution in [3.05, 3.63) is 30.0 Å². The minimum Gasteiger partial charge on any atom is -0.463 e. The Labute approximate surface area is 173 Å². The molecule has 0 bridgehead atoms. The number of anilines is 1. The summed E-state index contributed by atoms with van der Waals surface area (Å²) in [5, 5.41) is 3.01. The van der Waals surface area contributed by atoms with Gasteiger partial charge in [-0.15, -0.1) is 0 Å². The molecule has 2 amide bonds. The van der Waals surface area contributed by atoms with Crippen LogP contribution in [0.1, 0.15) is 76.7 Å². The molecule has 0 aliphatic heterocycles. The number of nitrogens with zero attached hydrogens (tertiary/aromatic N) is 2. The van der Waals surface area contributed by atoms with Gasteiger partial charge in [-0.1, -0.05) is 38.5 Å². The molecule has 6 nitrogen and oxygen atoms in total. The lowest BCUT2D eigenvalue weighted by molar-refractivity contribution is -0.137. The predicted octanol–water partition coefficient (Wildman–Crippen LogP) is 5.16. The van der Waals surface area contributed by atoms with Crippen LogP contribution in [-0.2, 0) is 9.53 Å². The zero-order valence-electron chi connectivity index (χ0n) is 17.4. The molecule has 0 unspecified atom stereocenters. The Bertz CT molecular complexity index is 672. The molecule has 3 rings (SSSR count). The summed E-state index contributed by atoms with van der Waals surface area (Å²) in [6.07, 6.45) is 16.5. The van der Waals surface area contributed by atoms with Crippen LogP contribution in [0, 0.1) is 0 Å². The molecule has 0 spiro atoms. The standard InChI is InChI=1S/C23H33N3O3/c1-2-29-22(27)16-14-18-13-15-21(24-17-18)25-23(28)26(19-9-5-3-6-10-19)20-11-7-4-8-12-20/h13-17,19-20H,2-12H2,1H3,(H,24,25,28). The molecule has 1 aromatic heterocycles. The highest BCUT2D eigenvalue weighted by Gasteiger charge is 2.32. The fraction of sp³-hybridized carbons (Fsp3) is 0.609. The number of urea groups is 1. The van der Waals surface area contributed by atoms with Crippen LogP contribution in [-0.4, -0.2) is 40.6 Å². The van der Waals surface area contributed by atoms with Crippen molar-refractivity contribution in [3.63, 3.8) is 0 Å². The average Bonchev–Trinajstić information content (AvgIpc) is 2.75. The number of aromatic nitrogens is 1. The number of nitrogens with one attached hydrogen (secondary N) is 1. The van der Waals surface area contributed by atoms with Crippen LogP contribution in [0.5, 0.6) is 0 Å². The summed E-state index contributed by atoms with van der Waals surface area (Å²) in [4.78, 5) is 31.1. The van der Waals surface area contributed by atoms with Gasteiger partial charge in [0.05, 0.1) is 6.61 Å². The number of rotatable bonds is 6. The van der Waals surface area contributed by atoms with E-state index in [0.29, 0.717) is 24.5 Å². The lowest BCUT2D eigenvalue weighted by atomic mass is 9.89. The summed E-state index contributed by atoms with van der Waals surface area (Å²) >= 11 is 0. The quantitative estimate of drug-likeness (QED) is 0.530. The minimum atomic E-state index is -0.375. The largest absolute Gasteiger partial charge is 0.463 e. The van der Waals surface area contributed by atoms with E-state index in [9.17, 15) is 9.59 Å². The molecular weight excluding hydrogens is 366 g/mol. The predicted molar refractivity (Wildman–Crippen MR) is 115 cm³/mol. The Morgan fingerprint density at radius 1 is 1.07 bits per heavy atom. The number of hydrogen-bond donors (Lipinski definition) is 1. The van der Waals surface area contributed by atoms with Gasteiger partial charge in [0.2, 0.25) is 0 Å². The Morgan fingerprint density at radius 3 is 2.21 bits per heavy atom. The van der Waals surface area contributed by atoms with Gasteiger partial charge in [-0.3, -0.25) is 5.32 Å². The number of amides is 2. The zero-order valence-corrected chi connectivity index (χ0v) is 17.4. The summed E-state index contributed by atoms with van der Waals surface area (Å²) < 4.78 is 4.87. The summed E-state index contributed by atoms with van der Waals surface area (Å²) in [5.74, 6) is 0.167. The SMILES string of the molecule is CCOC(=O)C=Cc1ccc(NC(=O)N(C2CCCCC2)C2CCCCC2)nc1. The van der Waals surface area contributed by atoms with E-state index in [1.54, 1.807) is 25.3 Å². The normalized spacial score (nSPS) is 18.5. The summed E-state index contributed by atoms with van der Waals surface area (Å²) in [6.45, 7) is 2.12. The molecule has 6 heteroatoms. The third kappa shape index (κ3) is 6.31. The first-order valence-electron chi connectivity index (χ1n) is 11.1. The van der Waals surface area contributed by atoms with Crippen LogP contribution in [0.15, 0.2) is 24.4 Å². The van der Waals surface area contributed by atoms with Crippen molar-refractivity contribution in [2.45, 2.75) is 83.2 Å². The van der Waals surface area contributed by atoms with Gasteiger partial charge in [0.25, 0.3) is 0 Å². The minimum absolute atomic E-state index is 0.0221. The Morgan fingerprint density at radius 2 is 1.69 bits per heavy atom. The summed E-state index contributed by atoms with van der Waals surface area (Å²) in [5.41, 5.74) is 0.785. The molecule has 2 saturated carbocycles. The third-order valence-corrected chi connectivity index (χ3v) is 5.89. The number of pyridine rings is 1. The Kier molecular flexibility index (Phi) is 8.08. The fourth-order valence-electron chi connectivity index (χ4n) is 4.45. The fourth-order valence-corrected chi connectivity index (χ4v) is 4.45. The van der Waals surface area contributed by atoms with Gasteiger partial charge in [0.1, 0.15) is 5.82 Å². The lowest BCUT2D eigenvalue weighted by Crippen LogP contribution is -2.50. The molecule has 2 fully saturated rings. The number of carbonyl (C=O) groups is 2. The third-order valence-electron chi connectivity index (χ3n) is 5.89. The van der Waals surface area contributed by atoms with Crippen molar-refractivity contribution in [2.75, 3.05) is 11.9 Å². The molecule has 1 aromatic rings. The molecular formula is C23H33N3O3. The second kappa shape index (κ2) is 11.0. The Balaban J connectivity index is 1.64. The number of carbonyl (C=O) groups excluding carboxylic acids is 2. The maximum Gasteiger partial charge on any atom is 0.330 e. The highest BCUT2D eigenvalue weighted by molar-refractivity contribution is 5.89. The second-order valence-electron chi connectivity index (χ2n) is 7.98. The van der Waals surface area contributed by atoms with E-state index < -0.39 is 0 Å². The van der Waals surface area contributed by atoms with Crippen molar-refractivity contribution < 1.29 is 14.3 Å². The topological polar surface area (TPSA) is 71.5 Å².